The van der Waals surface area contributed by atoms with Crippen LogP contribution in [0.5, 0.6) is 0 Å². The molecule has 0 fully saturated rings. The van der Waals surface area contributed by atoms with Crippen molar-refractivity contribution in [3.05, 3.63) is 70.2 Å². The molecule has 27 heavy (non-hydrogen) atoms. The topological polar surface area (TPSA) is 50.7 Å². The summed E-state index contributed by atoms with van der Waals surface area (Å²) in [6.45, 7) is 4.44. The van der Waals surface area contributed by atoms with E-state index in [0.717, 1.165) is 16.5 Å². The third kappa shape index (κ3) is 5.67. The van der Waals surface area contributed by atoms with E-state index in [1.54, 1.807) is 0 Å². The van der Waals surface area contributed by atoms with Crippen LogP contribution in [-0.2, 0) is 22.4 Å². The van der Waals surface area contributed by atoms with Crippen molar-refractivity contribution in [2.45, 2.75) is 44.7 Å². The van der Waals surface area contributed by atoms with Gasteiger partial charge in [0.15, 0.2) is 0 Å². The predicted molar refractivity (Wildman–Crippen MR) is 112 cm³/mol. The second kappa shape index (κ2) is 8.70. The number of nitrogens with zero attached hydrogens (tertiary/aromatic N) is 1. The van der Waals surface area contributed by atoms with Gasteiger partial charge in [-0.05, 0) is 49.9 Å². The van der Waals surface area contributed by atoms with E-state index >= 15 is 0 Å². The van der Waals surface area contributed by atoms with Crippen molar-refractivity contribution in [3.8, 4) is 0 Å². The lowest BCUT2D eigenvalue weighted by Crippen LogP contribution is -2.50. The zero-order valence-corrected chi connectivity index (χ0v) is 17.3. The van der Waals surface area contributed by atoms with Crippen LogP contribution in [0.4, 0.5) is 0 Å². The van der Waals surface area contributed by atoms with E-state index in [9.17, 15) is 4.79 Å². The molecule has 0 radical (unpaired) electrons. The molecule has 1 aliphatic rings. The van der Waals surface area contributed by atoms with Gasteiger partial charge in [-0.15, -0.1) is 0 Å². The molecule has 0 saturated carbocycles. The van der Waals surface area contributed by atoms with Gasteiger partial charge in [-0.1, -0.05) is 58.4 Å². The van der Waals surface area contributed by atoms with E-state index in [0.29, 0.717) is 25.3 Å². The van der Waals surface area contributed by atoms with Crippen molar-refractivity contribution in [2.24, 2.45) is 4.99 Å². The summed E-state index contributed by atoms with van der Waals surface area (Å²) in [5, 5.41) is 3.06. The molecular formula is C22H25BrN2O2. The maximum absolute atomic E-state index is 12.4. The van der Waals surface area contributed by atoms with Crippen LogP contribution in [0.15, 0.2) is 64.1 Å². The first-order chi connectivity index (χ1) is 12.9. The summed E-state index contributed by atoms with van der Waals surface area (Å²) in [6.07, 6.45) is 1.99. The number of ether oxygens (including phenoxy) is 1. The highest BCUT2D eigenvalue weighted by Crippen LogP contribution is 2.19. The van der Waals surface area contributed by atoms with Crippen molar-refractivity contribution >= 4 is 27.7 Å². The summed E-state index contributed by atoms with van der Waals surface area (Å²) < 4.78 is 6.85. The highest BCUT2D eigenvalue weighted by molar-refractivity contribution is 9.10. The van der Waals surface area contributed by atoms with Gasteiger partial charge in [-0.25, -0.2) is 4.99 Å². The predicted octanol–water partition coefficient (Wildman–Crippen LogP) is 4.32. The molecule has 4 nitrogen and oxygen atoms in total. The highest BCUT2D eigenvalue weighted by atomic mass is 79.9. The van der Waals surface area contributed by atoms with Crippen LogP contribution in [0.25, 0.3) is 0 Å². The Bertz CT molecular complexity index is 801. The largest absolute Gasteiger partial charge is 0.477 e. The molecule has 0 unspecified atom stereocenters. The number of nitrogens with one attached hydrogen (secondary N) is 1. The number of hydrogen-bond donors (Lipinski definition) is 1. The van der Waals surface area contributed by atoms with Gasteiger partial charge in [0.05, 0.1) is 6.04 Å². The van der Waals surface area contributed by atoms with Gasteiger partial charge in [0.25, 0.3) is 0 Å². The Morgan fingerprint density at radius 1 is 1.15 bits per heavy atom. The normalized spacial score (nSPS) is 16.6. The zero-order valence-electron chi connectivity index (χ0n) is 15.7. The molecule has 1 amide bonds. The maximum atomic E-state index is 12.4. The highest BCUT2D eigenvalue weighted by Gasteiger charge is 2.33. The Hall–Kier alpha value is -2.14. The van der Waals surface area contributed by atoms with Crippen LogP contribution in [0.2, 0.25) is 0 Å². The van der Waals surface area contributed by atoms with E-state index in [4.69, 9.17) is 9.73 Å². The second-order valence-electron chi connectivity index (χ2n) is 7.39. The third-order valence-electron chi connectivity index (χ3n) is 4.57. The summed E-state index contributed by atoms with van der Waals surface area (Å²) in [5.74, 6) is 0.612. The number of amides is 1. The molecule has 0 spiro atoms. The fourth-order valence-electron chi connectivity index (χ4n) is 3.12. The van der Waals surface area contributed by atoms with Gasteiger partial charge in [0.1, 0.15) is 12.1 Å². The third-order valence-corrected chi connectivity index (χ3v) is 5.10. The number of aliphatic imine (C=N–C) groups is 1. The summed E-state index contributed by atoms with van der Waals surface area (Å²) in [5.41, 5.74) is 1.78. The molecule has 2 aromatic carbocycles. The Labute approximate surface area is 169 Å². The Morgan fingerprint density at radius 3 is 2.56 bits per heavy atom. The molecule has 1 aliphatic heterocycles. The molecule has 1 heterocycles. The van der Waals surface area contributed by atoms with Crippen molar-refractivity contribution in [3.63, 3.8) is 0 Å². The first-order valence-corrected chi connectivity index (χ1v) is 10.0. The van der Waals surface area contributed by atoms with Crippen LogP contribution in [-0.4, -0.2) is 30.0 Å². The summed E-state index contributed by atoms with van der Waals surface area (Å²) in [6, 6.07) is 18.4. The Balaban J connectivity index is 1.53. The Morgan fingerprint density at radius 2 is 1.85 bits per heavy atom. The number of carbonyl (C=O) groups excluding carboxylic acids is 1. The number of aryl methyl sites for hydroxylation is 1. The van der Waals surface area contributed by atoms with Crippen LogP contribution >= 0.6 is 15.9 Å². The van der Waals surface area contributed by atoms with Gasteiger partial charge in [0.2, 0.25) is 11.8 Å². The van der Waals surface area contributed by atoms with Crippen LogP contribution < -0.4 is 5.32 Å². The second-order valence-corrected chi connectivity index (χ2v) is 8.30. The first-order valence-electron chi connectivity index (χ1n) is 9.23. The Kier molecular flexibility index (Phi) is 6.32. The fraction of sp³-hybridized carbons (Fsp3) is 0.364. The van der Waals surface area contributed by atoms with Gasteiger partial charge >= 0.3 is 0 Å². The van der Waals surface area contributed by atoms with Gasteiger partial charge in [-0.3, -0.25) is 4.79 Å². The van der Waals surface area contributed by atoms with Gasteiger partial charge in [-0.2, -0.15) is 0 Å². The average molecular weight is 429 g/mol. The lowest BCUT2D eigenvalue weighted by atomic mass is 10.0. The molecule has 1 atom stereocenters. The molecule has 0 aromatic heterocycles. The van der Waals surface area contributed by atoms with Crippen molar-refractivity contribution in [1.29, 1.82) is 0 Å². The minimum atomic E-state index is -0.609. The van der Waals surface area contributed by atoms with E-state index in [2.05, 4.69) is 33.4 Å². The van der Waals surface area contributed by atoms with Crippen molar-refractivity contribution in [1.82, 2.24) is 5.32 Å². The quantitative estimate of drug-likeness (QED) is 0.713. The van der Waals surface area contributed by atoms with Gasteiger partial charge in [0, 0.05) is 10.9 Å². The fourth-order valence-corrected chi connectivity index (χ4v) is 3.39. The molecule has 0 bridgehead atoms. The monoisotopic (exact) mass is 428 g/mol. The summed E-state index contributed by atoms with van der Waals surface area (Å²) in [7, 11) is 0. The molecular weight excluding hydrogens is 404 g/mol. The minimum absolute atomic E-state index is 0.000674. The summed E-state index contributed by atoms with van der Waals surface area (Å²) in [4.78, 5) is 17.1. The SMILES string of the molecule is CC(C)(NC(=O)CCc1ccc(Br)cc1)C1=N[C@@H](Cc2ccccc2)CO1. The van der Waals surface area contributed by atoms with Crippen LogP contribution in [0, 0.1) is 0 Å². The molecule has 3 rings (SSSR count). The van der Waals surface area contributed by atoms with E-state index in [1.807, 2.05) is 56.3 Å². The number of hydrogen-bond acceptors (Lipinski definition) is 3. The molecule has 5 heteroatoms. The molecule has 142 valence electrons. The number of benzene rings is 2. The van der Waals surface area contributed by atoms with Crippen molar-refractivity contribution < 1.29 is 9.53 Å². The standard InChI is InChI=1S/C22H25BrN2O2/c1-22(2,25-20(26)13-10-16-8-11-18(23)12-9-16)21-24-19(15-27-21)14-17-6-4-3-5-7-17/h3-9,11-12,19H,10,13-15H2,1-2H3,(H,25,26)/t19-/m0/s1. The zero-order chi connectivity index (χ0) is 19.3. The minimum Gasteiger partial charge on any atom is -0.477 e. The van der Waals surface area contributed by atoms with Gasteiger partial charge < -0.3 is 10.1 Å². The smallest absolute Gasteiger partial charge is 0.221 e. The number of rotatable bonds is 7. The number of carbonyl (C=O) groups is 1. The number of halogens is 1. The van der Waals surface area contributed by atoms with E-state index < -0.39 is 5.54 Å². The van der Waals surface area contributed by atoms with E-state index in [1.165, 1.54) is 5.56 Å². The first kappa shape index (κ1) is 19.6. The van der Waals surface area contributed by atoms with E-state index in [-0.39, 0.29) is 11.9 Å². The maximum Gasteiger partial charge on any atom is 0.221 e. The molecule has 1 N–H and O–H groups in total. The molecule has 0 aliphatic carbocycles. The molecule has 0 saturated heterocycles. The average Bonchev–Trinajstić information content (AvgIpc) is 3.11. The summed E-state index contributed by atoms with van der Waals surface area (Å²) >= 11 is 3.42. The lowest BCUT2D eigenvalue weighted by Gasteiger charge is -2.25. The molecule has 2 aromatic rings. The lowest BCUT2D eigenvalue weighted by molar-refractivity contribution is -0.122. The van der Waals surface area contributed by atoms with Crippen LogP contribution in [0.1, 0.15) is 31.4 Å². The van der Waals surface area contributed by atoms with Crippen LogP contribution in [0.3, 0.4) is 0 Å². The van der Waals surface area contributed by atoms with Crippen molar-refractivity contribution in [2.75, 3.05) is 6.61 Å².